The maximum atomic E-state index is 12.5. The number of carbonyl (C=O) groups excluding carboxylic acids is 3. The molecule has 2 N–H and O–H groups in total. The monoisotopic (exact) mass is 459 g/mol. The number of aromatic nitrogens is 1. The molecule has 32 heavy (non-hydrogen) atoms. The van der Waals surface area contributed by atoms with Crippen molar-refractivity contribution in [1.29, 1.82) is 0 Å². The summed E-state index contributed by atoms with van der Waals surface area (Å²) in [6.45, 7) is 7.93. The first-order valence-electron chi connectivity index (χ1n) is 10.7. The fourth-order valence-electron chi connectivity index (χ4n) is 3.40. The second-order valence-corrected chi connectivity index (χ2v) is 8.57. The largest absolute Gasteiger partial charge is 0.450 e. The van der Waals surface area contributed by atoms with E-state index < -0.39 is 0 Å². The minimum atomic E-state index is -0.355. The Morgan fingerprint density at radius 2 is 1.78 bits per heavy atom. The number of piperazine rings is 1. The van der Waals surface area contributed by atoms with Gasteiger partial charge in [0.1, 0.15) is 0 Å². The Balaban J connectivity index is 1.49. The molecule has 10 heteroatoms. The van der Waals surface area contributed by atoms with Crippen molar-refractivity contribution in [3.8, 4) is 0 Å². The van der Waals surface area contributed by atoms with Gasteiger partial charge in [0.15, 0.2) is 5.13 Å². The normalized spacial score (nSPS) is 13.8. The van der Waals surface area contributed by atoms with Gasteiger partial charge in [-0.05, 0) is 24.5 Å². The van der Waals surface area contributed by atoms with Gasteiger partial charge in [-0.3, -0.25) is 10.1 Å². The Kier molecular flexibility index (Phi) is 8.04. The summed E-state index contributed by atoms with van der Waals surface area (Å²) in [6, 6.07) is 7.47. The van der Waals surface area contributed by atoms with Crippen molar-refractivity contribution in [2.24, 2.45) is 0 Å². The van der Waals surface area contributed by atoms with Gasteiger partial charge in [-0.1, -0.05) is 32.0 Å². The number of ether oxygens (including phenoxy) is 1. The number of thiazole rings is 1. The van der Waals surface area contributed by atoms with Crippen molar-refractivity contribution in [3.05, 3.63) is 40.9 Å². The van der Waals surface area contributed by atoms with Gasteiger partial charge >= 0.3 is 12.1 Å². The molecule has 2 heterocycles. The van der Waals surface area contributed by atoms with Crippen molar-refractivity contribution < 1.29 is 19.1 Å². The van der Waals surface area contributed by atoms with Gasteiger partial charge < -0.3 is 19.9 Å². The van der Waals surface area contributed by atoms with Crippen LogP contribution in [0.25, 0.3) is 0 Å². The summed E-state index contributed by atoms with van der Waals surface area (Å²) in [6.07, 6.45) is -0.233. The van der Waals surface area contributed by atoms with Crippen molar-refractivity contribution >= 4 is 40.2 Å². The third kappa shape index (κ3) is 6.19. The lowest BCUT2D eigenvalue weighted by Gasteiger charge is -2.33. The Bertz CT molecular complexity index is 953. The molecule has 3 rings (SSSR count). The molecule has 1 aliphatic heterocycles. The van der Waals surface area contributed by atoms with E-state index in [-0.39, 0.29) is 24.5 Å². The number of amides is 4. The van der Waals surface area contributed by atoms with Crippen LogP contribution in [0, 0.1) is 0 Å². The molecule has 0 atom stereocenters. The van der Waals surface area contributed by atoms with E-state index in [1.54, 1.807) is 22.1 Å². The molecular weight excluding hydrogens is 430 g/mol. The number of hydrogen-bond donors (Lipinski definition) is 2. The quantitative estimate of drug-likeness (QED) is 0.685. The lowest BCUT2D eigenvalue weighted by molar-refractivity contribution is -0.115. The van der Waals surface area contributed by atoms with E-state index in [0.717, 1.165) is 11.3 Å². The summed E-state index contributed by atoms with van der Waals surface area (Å²) in [5, 5.41) is 7.93. The number of benzene rings is 1. The highest BCUT2D eigenvalue weighted by Gasteiger charge is 2.25. The molecule has 1 aromatic carbocycles. The zero-order chi connectivity index (χ0) is 23.1. The molecular formula is C22H29N5O4S. The second-order valence-electron chi connectivity index (χ2n) is 7.71. The number of hydrogen-bond acceptors (Lipinski definition) is 6. The standard InChI is InChI=1S/C22H29N5O4S/c1-4-31-22(30)27-11-9-26(10-12-27)21(29)25-20-23-16(14-32-20)13-19(28)24-18-8-6-5-7-17(18)15(2)3/h5-8,14-15H,4,9-13H2,1-3H3,(H,24,28)(H,23,25,29). The SMILES string of the molecule is CCOC(=O)N1CCN(C(=O)Nc2nc(CC(=O)Nc3ccccc3C(C)C)cs2)CC1. The van der Waals surface area contributed by atoms with Gasteiger partial charge in [-0.2, -0.15) is 0 Å². The van der Waals surface area contributed by atoms with Crippen LogP contribution in [0.2, 0.25) is 0 Å². The van der Waals surface area contributed by atoms with Crippen molar-refractivity contribution in [3.63, 3.8) is 0 Å². The highest BCUT2D eigenvalue weighted by atomic mass is 32.1. The molecule has 1 aliphatic rings. The topological polar surface area (TPSA) is 104 Å². The predicted molar refractivity (Wildman–Crippen MR) is 124 cm³/mol. The zero-order valence-electron chi connectivity index (χ0n) is 18.6. The van der Waals surface area contributed by atoms with E-state index in [4.69, 9.17) is 4.74 Å². The van der Waals surface area contributed by atoms with E-state index in [1.165, 1.54) is 11.3 Å². The molecule has 0 bridgehead atoms. The summed E-state index contributed by atoms with van der Waals surface area (Å²) < 4.78 is 4.99. The van der Waals surface area contributed by atoms with Crippen LogP contribution in [0.4, 0.5) is 20.4 Å². The average Bonchev–Trinajstić information content (AvgIpc) is 3.20. The van der Waals surface area contributed by atoms with Crippen LogP contribution in [0.5, 0.6) is 0 Å². The average molecular weight is 460 g/mol. The lowest BCUT2D eigenvalue weighted by Crippen LogP contribution is -2.51. The van der Waals surface area contributed by atoms with Gasteiger partial charge in [-0.25, -0.2) is 14.6 Å². The van der Waals surface area contributed by atoms with E-state index in [2.05, 4.69) is 29.5 Å². The first-order chi connectivity index (χ1) is 15.4. The van der Waals surface area contributed by atoms with Crippen LogP contribution in [0.1, 0.15) is 37.9 Å². The maximum Gasteiger partial charge on any atom is 0.409 e. The number of urea groups is 1. The Labute approximate surface area is 191 Å². The third-order valence-electron chi connectivity index (χ3n) is 5.06. The number of anilines is 2. The number of para-hydroxylation sites is 1. The number of rotatable bonds is 6. The van der Waals surface area contributed by atoms with E-state index >= 15 is 0 Å². The first kappa shape index (κ1) is 23.5. The van der Waals surface area contributed by atoms with Gasteiger partial charge in [0, 0.05) is 37.2 Å². The van der Waals surface area contributed by atoms with Crippen LogP contribution >= 0.6 is 11.3 Å². The summed E-state index contributed by atoms with van der Waals surface area (Å²) in [5.74, 6) is 0.142. The Hall–Kier alpha value is -3.14. The molecule has 0 aliphatic carbocycles. The lowest BCUT2D eigenvalue weighted by atomic mass is 10.0. The van der Waals surface area contributed by atoms with Crippen LogP contribution in [0.3, 0.4) is 0 Å². The Morgan fingerprint density at radius 3 is 2.47 bits per heavy atom. The maximum absolute atomic E-state index is 12.5. The van der Waals surface area contributed by atoms with Crippen molar-refractivity contribution in [2.75, 3.05) is 43.4 Å². The van der Waals surface area contributed by atoms with E-state index in [9.17, 15) is 14.4 Å². The molecule has 4 amide bonds. The highest BCUT2D eigenvalue weighted by Crippen LogP contribution is 2.24. The predicted octanol–water partition coefficient (Wildman–Crippen LogP) is 3.75. The molecule has 0 saturated carbocycles. The summed E-state index contributed by atoms with van der Waals surface area (Å²) in [5.41, 5.74) is 2.48. The molecule has 2 aromatic rings. The third-order valence-corrected chi connectivity index (χ3v) is 5.86. The molecule has 172 valence electrons. The molecule has 0 unspecified atom stereocenters. The zero-order valence-corrected chi connectivity index (χ0v) is 19.4. The van der Waals surface area contributed by atoms with Gasteiger partial charge in [0.05, 0.1) is 18.7 Å². The summed E-state index contributed by atoms with van der Waals surface area (Å²) >= 11 is 1.28. The number of carbonyl (C=O) groups is 3. The summed E-state index contributed by atoms with van der Waals surface area (Å²) in [4.78, 5) is 44.3. The number of nitrogens with zero attached hydrogens (tertiary/aromatic N) is 3. The minimum absolute atomic E-state index is 0.122. The number of nitrogens with one attached hydrogen (secondary N) is 2. The van der Waals surface area contributed by atoms with Crippen LogP contribution in [-0.2, 0) is 16.0 Å². The molecule has 0 radical (unpaired) electrons. The van der Waals surface area contributed by atoms with Crippen molar-refractivity contribution in [2.45, 2.75) is 33.1 Å². The fourth-order valence-corrected chi connectivity index (χ4v) is 4.10. The highest BCUT2D eigenvalue weighted by molar-refractivity contribution is 7.13. The van der Waals surface area contributed by atoms with E-state index in [0.29, 0.717) is 49.5 Å². The van der Waals surface area contributed by atoms with Gasteiger partial charge in [0.2, 0.25) is 5.91 Å². The van der Waals surface area contributed by atoms with Crippen LogP contribution in [0.15, 0.2) is 29.6 Å². The second kappa shape index (κ2) is 10.9. The molecule has 1 saturated heterocycles. The Morgan fingerprint density at radius 1 is 1.09 bits per heavy atom. The van der Waals surface area contributed by atoms with Gasteiger partial charge in [0.25, 0.3) is 0 Å². The molecule has 9 nitrogen and oxygen atoms in total. The smallest absolute Gasteiger partial charge is 0.409 e. The minimum Gasteiger partial charge on any atom is -0.450 e. The van der Waals surface area contributed by atoms with Crippen LogP contribution < -0.4 is 10.6 Å². The van der Waals surface area contributed by atoms with Crippen LogP contribution in [-0.4, -0.2) is 65.6 Å². The summed E-state index contributed by atoms with van der Waals surface area (Å²) in [7, 11) is 0. The van der Waals surface area contributed by atoms with E-state index in [1.807, 2.05) is 24.3 Å². The van der Waals surface area contributed by atoms with Crippen molar-refractivity contribution in [1.82, 2.24) is 14.8 Å². The fraction of sp³-hybridized carbons (Fsp3) is 0.455. The molecule has 0 spiro atoms. The molecule has 1 aromatic heterocycles. The molecule has 1 fully saturated rings. The van der Waals surface area contributed by atoms with Gasteiger partial charge in [-0.15, -0.1) is 11.3 Å². The first-order valence-corrected chi connectivity index (χ1v) is 11.6.